The van der Waals surface area contributed by atoms with Gasteiger partial charge in [-0.1, -0.05) is 32.0 Å². The molecule has 5 heterocycles. The molecular weight excluding hydrogens is 354 g/mol. The van der Waals surface area contributed by atoms with E-state index in [1.807, 2.05) is 29.2 Å². The molecule has 146 valence electrons. The van der Waals surface area contributed by atoms with Gasteiger partial charge >= 0.3 is 0 Å². The van der Waals surface area contributed by atoms with Crippen LogP contribution in [-0.4, -0.2) is 52.3 Å². The molecule has 6 nitrogen and oxygen atoms in total. The third kappa shape index (κ3) is 1.53. The molecule has 6 heteroatoms. The summed E-state index contributed by atoms with van der Waals surface area (Å²) in [5.74, 6) is 0.730. The van der Waals surface area contributed by atoms with Gasteiger partial charge in [-0.2, -0.15) is 0 Å². The molecular formula is C22H25N3O3. The fourth-order valence-electron chi connectivity index (χ4n) is 7.00. The lowest BCUT2D eigenvalue weighted by Gasteiger charge is -2.64. The number of carbonyl (C=O) groups is 1. The first kappa shape index (κ1) is 16.7. The van der Waals surface area contributed by atoms with Gasteiger partial charge in [0, 0.05) is 29.9 Å². The summed E-state index contributed by atoms with van der Waals surface area (Å²) in [5, 5.41) is 12.0. The predicted molar refractivity (Wildman–Crippen MR) is 105 cm³/mol. The Morgan fingerprint density at radius 2 is 2.07 bits per heavy atom. The first-order chi connectivity index (χ1) is 13.3. The maximum atomic E-state index is 13.8. The monoisotopic (exact) mass is 379 g/mol. The van der Waals surface area contributed by atoms with E-state index in [0.29, 0.717) is 5.90 Å². The average Bonchev–Trinajstić information content (AvgIpc) is 3.23. The van der Waals surface area contributed by atoms with Crippen LogP contribution in [0, 0.1) is 11.3 Å². The van der Waals surface area contributed by atoms with E-state index in [1.165, 1.54) is 0 Å². The van der Waals surface area contributed by atoms with Gasteiger partial charge in [-0.05, 0) is 25.3 Å². The van der Waals surface area contributed by atoms with E-state index in [-0.39, 0.29) is 18.2 Å². The smallest absolute Gasteiger partial charge is 0.251 e. The third-order valence-electron chi connectivity index (χ3n) is 8.10. The van der Waals surface area contributed by atoms with Crippen LogP contribution in [0.4, 0.5) is 5.69 Å². The zero-order chi connectivity index (χ0) is 19.5. The Morgan fingerprint density at radius 1 is 1.29 bits per heavy atom. The van der Waals surface area contributed by atoms with Gasteiger partial charge in [-0.25, -0.2) is 4.99 Å². The molecule has 28 heavy (non-hydrogen) atoms. The van der Waals surface area contributed by atoms with E-state index in [0.717, 1.165) is 42.8 Å². The van der Waals surface area contributed by atoms with Gasteiger partial charge in [0.1, 0.15) is 16.7 Å². The van der Waals surface area contributed by atoms with E-state index in [2.05, 4.69) is 13.8 Å². The zero-order valence-corrected chi connectivity index (χ0v) is 16.5. The number of nitrogens with zero attached hydrogens (tertiary/aromatic N) is 3. The molecule has 1 aromatic rings. The lowest BCUT2D eigenvalue weighted by atomic mass is 9.48. The summed E-state index contributed by atoms with van der Waals surface area (Å²) < 4.78 is 5.75. The van der Waals surface area contributed by atoms with Crippen molar-refractivity contribution >= 4 is 23.2 Å². The van der Waals surface area contributed by atoms with E-state index in [4.69, 9.17) is 14.7 Å². The van der Waals surface area contributed by atoms with Crippen LogP contribution < -0.4 is 0 Å². The number of carbonyl (C=O) groups excluding carboxylic acids is 1. The first-order valence-electron chi connectivity index (χ1n) is 10.2. The SMILES string of the molecule is COC1=N[C@]23C[C@@]4(O)C(=Nc5ccccc54)C(C)(C)[C@@H]2C[C@]12CCCN2C3=O. The van der Waals surface area contributed by atoms with Crippen LogP contribution >= 0.6 is 0 Å². The van der Waals surface area contributed by atoms with E-state index >= 15 is 0 Å². The number of aliphatic hydroxyl groups is 1. The van der Waals surface area contributed by atoms with Crippen LogP contribution in [-0.2, 0) is 15.1 Å². The number of methoxy groups -OCH3 is 1. The molecule has 0 unspecified atom stereocenters. The maximum absolute atomic E-state index is 13.8. The summed E-state index contributed by atoms with van der Waals surface area (Å²) in [7, 11) is 1.65. The Balaban J connectivity index is 1.63. The van der Waals surface area contributed by atoms with Crippen molar-refractivity contribution in [1.82, 2.24) is 4.90 Å². The lowest BCUT2D eigenvalue weighted by molar-refractivity contribution is -0.161. The number of fused-ring (bicyclic) bond motifs is 3. The summed E-state index contributed by atoms with van der Waals surface area (Å²) in [4.78, 5) is 25.7. The van der Waals surface area contributed by atoms with Gasteiger partial charge in [-0.15, -0.1) is 0 Å². The summed E-state index contributed by atoms with van der Waals surface area (Å²) in [6.07, 6.45) is 2.92. The van der Waals surface area contributed by atoms with Crippen molar-refractivity contribution in [3.8, 4) is 0 Å². The molecule has 6 aliphatic rings. The van der Waals surface area contributed by atoms with Crippen LogP contribution in [0.2, 0.25) is 0 Å². The number of ether oxygens (including phenoxy) is 1. The van der Waals surface area contributed by atoms with Gasteiger partial charge in [0.25, 0.3) is 5.91 Å². The molecule has 3 fully saturated rings. The fraction of sp³-hybridized carbons (Fsp3) is 0.591. The van der Waals surface area contributed by atoms with Crippen molar-refractivity contribution in [1.29, 1.82) is 0 Å². The number of hydrogen-bond donors (Lipinski definition) is 1. The molecule has 5 aliphatic heterocycles. The molecule has 4 atom stereocenters. The van der Waals surface area contributed by atoms with Crippen LogP contribution in [0.1, 0.15) is 45.1 Å². The molecule has 0 radical (unpaired) electrons. The molecule has 2 spiro atoms. The van der Waals surface area contributed by atoms with E-state index < -0.39 is 22.1 Å². The zero-order valence-electron chi connectivity index (χ0n) is 16.5. The minimum absolute atomic E-state index is 0.00547. The van der Waals surface area contributed by atoms with Crippen molar-refractivity contribution in [3.63, 3.8) is 0 Å². The van der Waals surface area contributed by atoms with Crippen molar-refractivity contribution in [2.75, 3.05) is 13.7 Å². The topological polar surface area (TPSA) is 74.5 Å². The molecule has 1 amide bonds. The quantitative estimate of drug-likeness (QED) is 0.753. The minimum Gasteiger partial charge on any atom is -0.483 e. The van der Waals surface area contributed by atoms with Gasteiger partial charge in [-0.3, -0.25) is 9.79 Å². The number of piperidine rings is 1. The van der Waals surface area contributed by atoms with Crippen molar-refractivity contribution in [2.45, 2.75) is 56.2 Å². The molecule has 7 rings (SSSR count). The second-order valence-electron chi connectivity index (χ2n) is 9.63. The molecule has 1 saturated carbocycles. The van der Waals surface area contributed by atoms with Gasteiger partial charge < -0.3 is 14.7 Å². The van der Waals surface area contributed by atoms with Crippen molar-refractivity contribution in [3.05, 3.63) is 29.8 Å². The molecule has 1 aromatic carbocycles. The number of amides is 1. The third-order valence-corrected chi connectivity index (χ3v) is 8.10. The standard InChI is InChI=1S/C22H25N3O3/c1-19(2)15-11-20-9-6-10-25(20)18(26)21(15,24-17(20)28-3)12-22(27)13-7-4-5-8-14(13)23-16(19)22/h4-5,7-8,15,27H,6,9-12H2,1-3H3/t15-,20+,21+,22-/m0/s1. The Kier molecular flexibility index (Phi) is 2.79. The van der Waals surface area contributed by atoms with Crippen LogP contribution in [0.3, 0.4) is 0 Å². The number of benzene rings is 1. The van der Waals surface area contributed by atoms with Gasteiger partial charge in [0.05, 0.1) is 18.5 Å². The second-order valence-corrected chi connectivity index (χ2v) is 9.63. The second kappa shape index (κ2) is 4.67. The van der Waals surface area contributed by atoms with E-state index in [9.17, 15) is 9.90 Å². The van der Waals surface area contributed by atoms with E-state index in [1.54, 1.807) is 7.11 Å². The number of aliphatic imine (C=N–C) groups is 2. The molecule has 1 aliphatic carbocycles. The summed E-state index contributed by atoms with van der Waals surface area (Å²) in [6.45, 7) is 4.99. The summed E-state index contributed by atoms with van der Waals surface area (Å²) in [5.41, 5.74) is -0.760. The van der Waals surface area contributed by atoms with Crippen molar-refractivity contribution in [2.24, 2.45) is 21.3 Å². The molecule has 2 bridgehead atoms. The number of rotatable bonds is 0. The maximum Gasteiger partial charge on any atom is 0.251 e. The largest absolute Gasteiger partial charge is 0.483 e. The molecule has 0 aromatic heterocycles. The highest BCUT2D eigenvalue weighted by Gasteiger charge is 2.75. The Morgan fingerprint density at radius 3 is 2.86 bits per heavy atom. The highest BCUT2D eigenvalue weighted by molar-refractivity contribution is 6.10. The first-order valence-corrected chi connectivity index (χ1v) is 10.2. The normalized spacial score (nSPS) is 41.6. The Bertz CT molecular complexity index is 998. The Hall–Kier alpha value is -2.21. The van der Waals surface area contributed by atoms with Gasteiger partial charge in [0.2, 0.25) is 5.90 Å². The predicted octanol–water partition coefficient (Wildman–Crippen LogP) is 2.57. The molecule has 2 saturated heterocycles. The highest BCUT2D eigenvalue weighted by Crippen LogP contribution is 2.65. The number of para-hydroxylation sites is 1. The lowest BCUT2D eigenvalue weighted by Crippen LogP contribution is -2.77. The van der Waals surface area contributed by atoms with Crippen LogP contribution in [0.5, 0.6) is 0 Å². The number of hydrogen-bond acceptors (Lipinski definition) is 5. The van der Waals surface area contributed by atoms with Gasteiger partial charge in [0.15, 0.2) is 0 Å². The van der Waals surface area contributed by atoms with Crippen molar-refractivity contribution < 1.29 is 14.6 Å². The van der Waals surface area contributed by atoms with Crippen LogP contribution in [0.25, 0.3) is 0 Å². The minimum atomic E-state index is -1.27. The van der Waals surface area contributed by atoms with Crippen LogP contribution in [0.15, 0.2) is 34.3 Å². The summed E-state index contributed by atoms with van der Waals surface area (Å²) in [6, 6.07) is 7.73. The average molecular weight is 379 g/mol. The highest BCUT2D eigenvalue weighted by atomic mass is 16.5. The fourth-order valence-corrected chi connectivity index (χ4v) is 7.00. The molecule has 1 N–H and O–H groups in total. The Labute approximate surface area is 164 Å². The summed E-state index contributed by atoms with van der Waals surface area (Å²) >= 11 is 0.